The van der Waals surface area contributed by atoms with Crippen molar-refractivity contribution in [3.05, 3.63) is 57.9 Å². The second-order valence-electron chi connectivity index (χ2n) is 9.20. The lowest BCUT2D eigenvalue weighted by atomic mass is 9.87. The summed E-state index contributed by atoms with van der Waals surface area (Å²) in [6.45, 7) is 3.17. The fourth-order valence-electron chi connectivity index (χ4n) is 4.41. The molecule has 4 rings (SSSR count). The van der Waals surface area contributed by atoms with E-state index in [2.05, 4.69) is 15.5 Å². The summed E-state index contributed by atoms with van der Waals surface area (Å²) in [6.07, 6.45) is 0.693. The van der Waals surface area contributed by atoms with Crippen LogP contribution >= 0.6 is 23.4 Å². The summed E-state index contributed by atoms with van der Waals surface area (Å²) >= 11 is 7.10. The quantitative estimate of drug-likeness (QED) is 0.283. The Morgan fingerprint density at radius 3 is 2.50 bits per heavy atom. The zero-order valence-corrected chi connectivity index (χ0v) is 23.8. The maximum atomic E-state index is 13.9. The van der Waals surface area contributed by atoms with Gasteiger partial charge in [0.1, 0.15) is 6.04 Å². The Bertz CT molecular complexity index is 1570. The van der Waals surface area contributed by atoms with Gasteiger partial charge < -0.3 is 10.4 Å². The highest BCUT2D eigenvalue weighted by Gasteiger charge is 2.26. The van der Waals surface area contributed by atoms with Gasteiger partial charge in [-0.3, -0.25) is 14.2 Å². The van der Waals surface area contributed by atoms with Gasteiger partial charge in [0, 0.05) is 0 Å². The minimum absolute atomic E-state index is 0.0985. The molecule has 1 aliphatic rings. The van der Waals surface area contributed by atoms with Gasteiger partial charge in [-0.25, -0.2) is 17.2 Å². The molecule has 3 N–H and O–H groups in total. The number of sulfonamides is 1. The molecule has 1 atom stereocenters. The average molecular weight is 614 g/mol. The number of rotatable bonds is 10. The number of fused-ring (bicyclic) bond motifs is 1. The number of halogens is 3. The summed E-state index contributed by atoms with van der Waals surface area (Å²) in [4.78, 5) is 23.4. The monoisotopic (exact) mass is 613 g/mol. The highest BCUT2D eigenvalue weighted by atomic mass is 35.5. The highest BCUT2D eigenvalue weighted by molar-refractivity contribution is 7.99. The van der Waals surface area contributed by atoms with Gasteiger partial charge in [-0.1, -0.05) is 29.4 Å². The molecule has 40 heavy (non-hydrogen) atoms. The molecule has 0 fully saturated rings. The van der Waals surface area contributed by atoms with E-state index < -0.39 is 40.2 Å². The first kappa shape index (κ1) is 29.9. The Balaban J connectivity index is 1.51. The third kappa shape index (κ3) is 6.45. The number of aromatic nitrogens is 3. The number of amides is 1. The van der Waals surface area contributed by atoms with Crippen LogP contribution in [0.15, 0.2) is 40.4 Å². The van der Waals surface area contributed by atoms with Gasteiger partial charge in [-0.15, -0.1) is 10.2 Å². The smallest absolute Gasteiger partial charge is 0.321 e. The van der Waals surface area contributed by atoms with E-state index in [1.807, 2.05) is 17.7 Å². The number of hydrogen-bond donors (Lipinski definition) is 3. The highest BCUT2D eigenvalue weighted by Crippen LogP contribution is 2.34. The van der Waals surface area contributed by atoms with Crippen LogP contribution in [0.1, 0.15) is 48.7 Å². The van der Waals surface area contributed by atoms with Crippen molar-refractivity contribution in [1.82, 2.24) is 19.5 Å². The normalized spacial score (nSPS) is 14.2. The van der Waals surface area contributed by atoms with E-state index in [9.17, 15) is 26.8 Å². The minimum Gasteiger partial charge on any atom is -0.480 e. The van der Waals surface area contributed by atoms with Gasteiger partial charge in [0.15, 0.2) is 5.16 Å². The van der Waals surface area contributed by atoms with Gasteiger partial charge >= 0.3 is 5.97 Å². The van der Waals surface area contributed by atoms with Crippen molar-refractivity contribution in [1.29, 1.82) is 0 Å². The summed E-state index contributed by atoms with van der Waals surface area (Å²) < 4.78 is 55.9. The Labute approximate surface area is 238 Å². The Kier molecular flexibility index (Phi) is 9.12. The molecule has 15 heteroatoms. The molecule has 1 aromatic heterocycles. The zero-order chi connectivity index (χ0) is 29.2. The molecule has 1 unspecified atom stereocenters. The molecule has 214 valence electrons. The van der Waals surface area contributed by atoms with Crippen molar-refractivity contribution in [2.45, 2.75) is 62.0 Å². The number of alkyl halides is 2. The van der Waals surface area contributed by atoms with E-state index in [1.54, 1.807) is 6.07 Å². The summed E-state index contributed by atoms with van der Waals surface area (Å²) in [7, 11) is -4.18. The second-order valence-corrected chi connectivity index (χ2v) is 12.3. The SMILES string of the molecule is Cc1ccc(-n2c(SCC(=O)Nc3ccc(S(=O)(=O)NC(C)C(=O)O)cc3Cl)nnc2C(F)F)c2c1CCCC2. The first-order valence-corrected chi connectivity index (χ1v) is 15.1. The Hall–Kier alpha value is -3.07. The molecule has 2 aromatic carbocycles. The number of nitrogens with zero attached hydrogens (tertiary/aromatic N) is 3. The predicted molar refractivity (Wildman–Crippen MR) is 146 cm³/mol. The van der Waals surface area contributed by atoms with E-state index in [1.165, 1.54) is 17.6 Å². The number of carbonyl (C=O) groups excluding carboxylic acids is 1. The lowest BCUT2D eigenvalue weighted by molar-refractivity contribution is -0.138. The van der Waals surface area contributed by atoms with Gasteiger partial charge in [0.2, 0.25) is 21.8 Å². The minimum atomic E-state index is -4.18. The van der Waals surface area contributed by atoms with Crippen molar-refractivity contribution in [3.63, 3.8) is 0 Å². The fourth-order valence-corrected chi connectivity index (χ4v) is 6.68. The summed E-state index contributed by atoms with van der Waals surface area (Å²) in [5, 5.41) is 19.2. The third-order valence-electron chi connectivity index (χ3n) is 6.40. The van der Waals surface area contributed by atoms with E-state index in [-0.39, 0.29) is 26.5 Å². The number of thioether (sulfide) groups is 1. The maximum absolute atomic E-state index is 13.9. The number of hydrogen-bond acceptors (Lipinski definition) is 7. The number of benzene rings is 2. The van der Waals surface area contributed by atoms with Crippen LogP contribution in [0, 0.1) is 6.92 Å². The maximum Gasteiger partial charge on any atom is 0.321 e. The van der Waals surface area contributed by atoms with E-state index in [0.717, 1.165) is 66.3 Å². The van der Waals surface area contributed by atoms with Gasteiger partial charge in [0.25, 0.3) is 6.43 Å². The van der Waals surface area contributed by atoms with Crippen molar-refractivity contribution in [2.24, 2.45) is 0 Å². The van der Waals surface area contributed by atoms with Crippen LogP contribution in [0.3, 0.4) is 0 Å². The molecule has 0 bridgehead atoms. The standard InChI is InChI=1S/C25H26ClF2N5O5S2/c1-13-7-10-20(17-6-4-3-5-16(13)17)33-23(22(27)28)30-31-25(33)39-12-21(34)29-19-9-8-15(11-18(19)26)40(37,38)32-14(2)24(35)36/h7-11,14,22,32H,3-6,12H2,1-2H3,(H,29,34)(H,35,36). The number of carboxylic acids is 1. The van der Waals surface area contributed by atoms with Crippen LogP contribution in [0.25, 0.3) is 5.69 Å². The molecular formula is C25H26ClF2N5O5S2. The van der Waals surface area contributed by atoms with Gasteiger partial charge in [0.05, 0.1) is 27.0 Å². The summed E-state index contributed by atoms with van der Waals surface area (Å²) in [6, 6.07) is 5.81. The fraction of sp³-hybridized carbons (Fsp3) is 0.360. The molecule has 0 radical (unpaired) electrons. The molecule has 0 spiro atoms. The van der Waals surface area contributed by atoms with Crippen molar-refractivity contribution in [2.75, 3.05) is 11.1 Å². The number of carbonyl (C=O) groups is 2. The van der Waals surface area contributed by atoms with E-state index in [4.69, 9.17) is 16.7 Å². The second kappa shape index (κ2) is 12.2. The molecule has 1 amide bonds. The molecule has 10 nitrogen and oxygen atoms in total. The van der Waals surface area contributed by atoms with E-state index in [0.29, 0.717) is 5.69 Å². The van der Waals surface area contributed by atoms with Crippen LogP contribution in [-0.4, -0.2) is 52.0 Å². The van der Waals surface area contributed by atoms with Crippen LogP contribution in [0.5, 0.6) is 0 Å². The topological polar surface area (TPSA) is 143 Å². The molecule has 0 aliphatic heterocycles. The van der Waals surface area contributed by atoms with Crippen LogP contribution in [-0.2, 0) is 32.5 Å². The lowest BCUT2D eigenvalue weighted by Gasteiger charge is -2.23. The molecule has 0 saturated carbocycles. The number of anilines is 1. The van der Waals surface area contributed by atoms with Gasteiger partial charge in [-0.2, -0.15) is 4.72 Å². The van der Waals surface area contributed by atoms with Crippen LogP contribution in [0.4, 0.5) is 14.5 Å². The summed E-state index contributed by atoms with van der Waals surface area (Å²) in [5.74, 6) is -2.62. The number of aliphatic carboxylic acids is 1. The number of nitrogens with one attached hydrogen (secondary N) is 2. The predicted octanol–water partition coefficient (Wildman–Crippen LogP) is 4.53. The number of carboxylic acid groups (broad SMARTS) is 1. The van der Waals surface area contributed by atoms with Gasteiger partial charge in [-0.05, 0) is 80.5 Å². The third-order valence-corrected chi connectivity index (χ3v) is 9.18. The molecule has 3 aromatic rings. The van der Waals surface area contributed by atoms with Crippen molar-refractivity contribution in [3.8, 4) is 5.69 Å². The Morgan fingerprint density at radius 1 is 1.15 bits per heavy atom. The summed E-state index contributed by atoms with van der Waals surface area (Å²) in [5.41, 5.74) is 3.91. The average Bonchev–Trinajstić information content (AvgIpc) is 3.33. The Morgan fingerprint density at radius 2 is 1.85 bits per heavy atom. The van der Waals surface area contributed by atoms with Crippen molar-refractivity contribution < 1.29 is 31.9 Å². The molecule has 0 saturated heterocycles. The number of aryl methyl sites for hydroxylation is 1. The van der Waals surface area contributed by atoms with Crippen LogP contribution in [0.2, 0.25) is 5.02 Å². The van der Waals surface area contributed by atoms with Crippen LogP contribution < -0.4 is 10.0 Å². The molecule has 1 heterocycles. The first-order chi connectivity index (χ1) is 18.9. The lowest BCUT2D eigenvalue weighted by Crippen LogP contribution is -2.38. The largest absolute Gasteiger partial charge is 0.480 e. The molecular weight excluding hydrogens is 588 g/mol. The van der Waals surface area contributed by atoms with E-state index >= 15 is 0 Å². The molecule has 1 aliphatic carbocycles. The zero-order valence-electron chi connectivity index (χ0n) is 21.4. The van der Waals surface area contributed by atoms with Crippen molar-refractivity contribution >= 4 is 50.9 Å². The first-order valence-electron chi connectivity index (χ1n) is 12.2.